The van der Waals surface area contributed by atoms with E-state index in [2.05, 4.69) is 5.32 Å². The topological polar surface area (TPSA) is 77.8 Å². The van der Waals surface area contributed by atoms with Crippen LogP contribution in [0.4, 0.5) is 0 Å². The van der Waals surface area contributed by atoms with Crippen molar-refractivity contribution in [2.45, 2.75) is 13.0 Å². The molecule has 0 spiro atoms. The minimum atomic E-state index is -0.637. The molecule has 6 heteroatoms. The Bertz CT molecular complexity index is 890. The zero-order valence-corrected chi connectivity index (χ0v) is 14.8. The number of furan rings is 1. The summed E-state index contributed by atoms with van der Waals surface area (Å²) >= 11 is 0. The molecule has 1 aromatic heterocycles. The molecule has 0 aliphatic heterocycles. The third kappa shape index (κ3) is 4.98. The van der Waals surface area contributed by atoms with E-state index in [1.807, 2.05) is 18.2 Å². The molecular formula is C21H19NO5. The van der Waals surface area contributed by atoms with Gasteiger partial charge >= 0.3 is 5.97 Å². The zero-order valence-electron chi connectivity index (χ0n) is 14.8. The van der Waals surface area contributed by atoms with Gasteiger partial charge in [0.05, 0.1) is 12.3 Å². The van der Waals surface area contributed by atoms with Crippen molar-refractivity contribution in [1.82, 2.24) is 5.32 Å². The van der Waals surface area contributed by atoms with Crippen molar-refractivity contribution < 1.29 is 23.5 Å². The van der Waals surface area contributed by atoms with Crippen LogP contribution in [-0.2, 0) is 9.53 Å². The predicted octanol–water partition coefficient (Wildman–Crippen LogP) is 4.11. The summed E-state index contributed by atoms with van der Waals surface area (Å²) in [5.41, 5.74) is 0.244. The average molecular weight is 365 g/mol. The molecule has 0 bridgehead atoms. The monoisotopic (exact) mass is 365 g/mol. The lowest BCUT2D eigenvalue weighted by Gasteiger charge is -2.13. The second-order valence-electron chi connectivity index (χ2n) is 5.79. The standard InChI is InChI=1S/C21H19NO5/c1-15(18-12-7-13-25-18)22-20(23)14-26-21(24)17-10-5-6-11-19(17)27-16-8-3-2-4-9-16/h2-13,15H,14H2,1H3,(H,22,23)/t15-/m1/s1. The van der Waals surface area contributed by atoms with Crippen molar-refractivity contribution in [2.24, 2.45) is 0 Å². The minimum Gasteiger partial charge on any atom is -0.467 e. The van der Waals surface area contributed by atoms with Crippen LogP contribution >= 0.6 is 0 Å². The third-order valence-corrected chi connectivity index (χ3v) is 3.76. The highest BCUT2D eigenvalue weighted by Crippen LogP contribution is 2.25. The van der Waals surface area contributed by atoms with Gasteiger partial charge in [-0.15, -0.1) is 0 Å². The van der Waals surface area contributed by atoms with Crippen LogP contribution in [0.3, 0.4) is 0 Å². The number of benzene rings is 2. The maximum atomic E-state index is 12.4. The van der Waals surface area contributed by atoms with Crippen molar-refractivity contribution in [1.29, 1.82) is 0 Å². The normalized spacial score (nSPS) is 11.4. The Balaban J connectivity index is 1.59. The van der Waals surface area contributed by atoms with E-state index in [0.717, 1.165) is 0 Å². The van der Waals surface area contributed by atoms with Crippen molar-refractivity contribution in [2.75, 3.05) is 6.61 Å². The first-order valence-corrected chi connectivity index (χ1v) is 8.45. The SMILES string of the molecule is C[C@@H](NC(=O)COC(=O)c1ccccc1Oc1ccccc1)c1ccco1. The molecule has 0 saturated carbocycles. The molecular weight excluding hydrogens is 346 g/mol. The first-order chi connectivity index (χ1) is 13.1. The van der Waals surface area contributed by atoms with E-state index in [1.54, 1.807) is 55.5 Å². The van der Waals surface area contributed by atoms with Crippen LogP contribution < -0.4 is 10.1 Å². The van der Waals surface area contributed by atoms with E-state index in [4.69, 9.17) is 13.9 Å². The van der Waals surface area contributed by atoms with Crippen molar-refractivity contribution >= 4 is 11.9 Å². The molecule has 6 nitrogen and oxygen atoms in total. The summed E-state index contributed by atoms with van der Waals surface area (Å²) in [6, 6.07) is 19.0. The molecule has 2 aromatic carbocycles. The van der Waals surface area contributed by atoms with E-state index < -0.39 is 18.5 Å². The van der Waals surface area contributed by atoms with Gasteiger partial charge in [0.2, 0.25) is 0 Å². The average Bonchev–Trinajstić information content (AvgIpc) is 3.22. The first-order valence-electron chi connectivity index (χ1n) is 8.45. The van der Waals surface area contributed by atoms with Gasteiger partial charge in [-0.25, -0.2) is 4.79 Å². The van der Waals surface area contributed by atoms with Crippen molar-refractivity contribution in [3.63, 3.8) is 0 Å². The molecule has 0 aliphatic rings. The maximum absolute atomic E-state index is 12.4. The fraction of sp³-hybridized carbons (Fsp3) is 0.143. The fourth-order valence-corrected chi connectivity index (χ4v) is 2.44. The number of nitrogens with one attached hydrogen (secondary N) is 1. The molecule has 0 saturated heterocycles. The Labute approximate surface area is 156 Å². The molecule has 1 atom stereocenters. The first kappa shape index (κ1) is 18.3. The molecule has 1 N–H and O–H groups in total. The van der Waals surface area contributed by atoms with Gasteiger partial charge in [-0.3, -0.25) is 4.79 Å². The van der Waals surface area contributed by atoms with Gasteiger partial charge in [0.1, 0.15) is 22.8 Å². The number of carbonyl (C=O) groups excluding carboxylic acids is 2. The summed E-state index contributed by atoms with van der Waals surface area (Å²) in [6.07, 6.45) is 1.53. The summed E-state index contributed by atoms with van der Waals surface area (Å²) in [7, 11) is 0. The Morgan fingerprint density at radius 2 is 1.74 bits per heavy atom. The van der Waals surface area contributed by atoms with Gasteiger partial charge in [0.25, 0.3) is 5.91 Å². The molecule has 1 amide bonds. The summed E-state index contributed by atoms with van der Waals surface area (Å²) in [6.45, 7) is 1.38. The Kier molecular flexibility index (Phi) is 5.89. The number of carbonyl (C=O) groups is 2. The number of ether oxygens (including phenoxy) is 2. The molecule has 0 aliphatic carbocycles. The van der Waals surface area contributed by atoms with Gasteiger partial charge in [0, 0.05) is 0 Å². The fourth-order valence-electron chi connectivity index (χ4n) is 2.44. The van der Waals surface area contributed by atoms with E-state index in [9.17, 15) is 9.59 Å². The number of esters is 1. The number of amides is 1. The lowest BCUT2D eigenvalue weighted by atomic mass is 10.2. The lowest BCUT2D eigenvalue weighted by Crippen LogP contribution is -2.31. The van der Waals surface area contributed by atoms with Gasteiger partial charge in [-0.2, -0.15) is 0 Å². The highest BCUT2D eigenvalue weighted by Gasteiger charge is 2.17. The highest BCUT2D eigenvalue weighted by atomic mass is 16.5. The summed E-state index contributed by atoms with van der Waals surface area (Å²) in [4.78, 5) is 24.4. The van der Waals surface area contributed by atoms with E-state index >= 15 is 0 Å². The van der Waals surface area contributed by atoms with Crippen LogP contribution in [-0.4, -0.2) is 18.5 Å². The summed E-state index contributed by atoms with van der Waals surface area (Å²) in [5, 5.41) is 2.70. The van der Waals surface area contributed by atoms with E-state index in [0.29, 0.717) is 17.3 Å². The van der Waals surface area contributed by atoms with Gasteiger partial charge in [0.15, 0.2) is 6.61 Å². The number of hydrogen-bond donors (Lipinski definition) is 1. The Hall–Kier alpha value is -3.54. The van der Waals surface area contributed by atoms with Crippen LogP contribution in [0.1, 0.15) is 29.1 Å². The van der Waals surface area contributed by atoms with Crippen LogP contribution in [0.2, 0.25) is 0 Å². The van der Waals surface area contributed by atoms with Crippen LogP contribution in [0, 0.1) is 0 Å². The van der Waals surface area contributed by atoms with Crippen LogP contribution in [0.5, 0.6) is 11.5 Å². The Morgan fingerprint density at radius 1 is 1.00 bits per heavy atom. The second kappa shape index (κ2) is 8.71. The number of hydrogen-bond acceptors (Lipinski definition) is 5. The highest BCUT2D eigenvalue weighted by molar-refractivity contribution is 5.94. The molecule has 1 heterocycles. The Morgan fingerprint density at radius 3 is 2.48 bits per heavy atom. The third-order valence-electron chi connectivity index (χ3n) is 3.76. The largest absolute Gasteiger partial charge is 0.467 e. The smallest absolute Gasteiger partial charge is 0.342 e. The van der Waals surface area contributed by atoms with Gasteiger partial charge in [-0.05, 0) is 43.3 Å². The van der Waals surface area contributed by atoms with Crippen molar-refractivity contribution in [3.8, 4) is 11.5 Å². The number of rotatable bonds is 7. The molecule has 0 fully saturated rings. The summed E-state index contributed by atoms with van der Waals surface area (Å²) in [5.74, 6) is 0.521. The van der Waals surface area contributed by atoms with Gasteiger partial charge < -0.3 is 19.2 Å². The zero-order chi connectivity index (χ0) is 19.1. The van der Waals surface area contributed by atoms with Crippen molar-refractivity contribution in [3.05, 3.63) is 84.3 Å². The molecule has 27 heavy (non-hydrogen) atoms. The van der Waals surface area contributed by atoms with Crippen LogP contribution in [0.25, 0.3) is 0 Å². The molecule has 3 aromatic rings. The minimum absolute atomic E-state index is 0.244. The van der Waals surface area contributed by atoms with Gasteiger partial charge in [-0.1, -0.05) is 30.3 Å². The lowest BCUT2D eigenvalue weighted by molar-refractivity contribution is -0.125. The number of para-hydroxylation sites is 2. The molecule has 138 valence electrons. The van der Waals surface area contributed by atoms with E-state index in [-0.39, 0.29) is 11.6 Å². The molecule has 0 unspecified atom stereocenters. The van der Waals surface area contributed by atoms with E-state index in [1.165, 1.54) is 6.26 Å². The molecule has 3 rings (SSSR count). The maximum Gasteiger partial charge on any atom is 0.342 e. The molecule has 0 radical (unpaired) electrons. The quantitative estimate of drug-likeness (QED) is 0.638. The predicted molar refractivity (Wildman–Crippen MR) is 98.5 cm³/mol. The van der Waals surface area contributed by atoms with Crippen LogP contribution in [0.15, 0.2) is 77.4 Å². The second-order valence-corrected chi connectivity index (χ2v) is 5.79. The summed E-state index contributed by atoms with van der Waals surface area (Å²) < 4.78 is 16.1.